The van der Waals surface area contributed by atoms with Gasteiger partial charge in [0.1, 0.15) is 11.4 Å². The maximum absolute atomic E-state index is 9.98. The molecule has 0 aromatic heterocycles. The smallest absolute Gasteiger partial charge is 0.143 e. The Morgan fingerprint density at radius 2 is 1.65 bits per heavy atom. The molecular formula is C16H12N2OS. The fourth-order valence-corrected chi connectivity index (χ4v) is 2.21. The van der Waals surface area contributed by atoms with Crippen LogP contribution in [0.25, 0.3) is 10.8 Å². The van der Waals surface area contributed by atoms with E-state index in [9.17, 15) is 5.11 Å². The molecule has 0 spiro atoms. The minimum absolute atomic E-state index is 0.115. The summed E-state index contributed by atoms with van der Waals surface area (Å²) in [5.41, 5.74) is 1.22. The fraction of sp³-hybridized carbons (Fsp3) is 0. The van der Waals surface area contributed by atoms with Crippen molar-refractivity contribution in [3.05, 3.63) is 60.7 Å². The van der Waals surface area contributed by atoms with Crippen molar-refractivity contribution >= 4 is 34.8 Å². The highest BCUT2D eigenvalue weighted by Gasteiger charge is 2.06. The van der Waals surface area contributed by atoms with Gasteiger partial charge in [0.25, 0.3) is 0 Å². The van der Waals surface area contributed by atoms with Crippen molar-refractivity contribution in [1.29, 1.82) is 0 Å². The lowest BCUT2D eigenvalue weighted by atomic mass is 10.1. The zero-order valence-corrected chi connectivity index (χ0v) is 11.5. The highest BCUT2D eigenvalue weighted by molar-refractivity contribution is 7.80. The number of benzene rings is 3. The topological polar surface area (TPSA) is 45.0 Å². The number of hydrogen-bond donors (Lipinski definition) is 2. The molecule has 3 rings (SSSR count). The summed E-state index contributed by atoms with van der Waals surface area (Å²) in [6.07, 6.45) is 0. The molecule has 0 atom stereocenters. The predicted molar refractivity (Wildman–Crippen MR) is 83.5 cm³/mol. The molecule has 3 aromatic rings. The average Bonchev–Trinajstić information content (AvgIpc) is 2.47. The Labute approximate surface area is 122 Å². The second-order valence-corrected chi connectivity index (χ2v) is 4.89. The summed E-state index contributed by atoms with van der Waals surface area (Å²) >= 11 is 4.31. The second kappa shape index (κ2) is 5.35. The van der Waals surface area contributed by atoms with Crippen molar-refractivity contribution in [3.8, 4) is 5.75 Å². The third-order valence-corrected chi connectivity index (χ3v) is 3.25. The number of azo groups is 1. The van der Waals surface area contributed by atoms with Gasteiger partial charge in [0.05, 0.1) is 5.69 Å². The summed E-state index contributed by atoms with van der Waals surface area (Å²) < 4.78 is 0. The first kappa shape index (κ1) is 12.7. The highest BCUT2D eigenvalue weighted by atomic mass is 32.1. The number of thiol groups is 1. The van der Waals surface area contributed by atoms with E-state index in [0.717, 1.165) is 21.4 Å². The zero-order chi connectivity index (χ0) is 13.9. The Balaban J connectivity index is 2.11. The van der Waals surface area contributed by atoms with Crippen molar-refractivity contribution in [2.24, 2.45) is 10.2 Å². The summed E-state index contributed by atoms with van der Waals surface area (Å²) in [5.74, 6) is 0.115. The molecule has 0 heterocycles. The summed E-state index contributed by atoms with van der Waals surface area (Å²) in [4.78, 5) is 0.870. The molecule has 0 aliphatic carbocycles. The van der Waals surface area contributed by atoms with Gasteiger partial charge in [-0.25, -0.2) is 0 Å². The Kier molecular flexibility index (Phi) is 3.39. The number of phenolic OH excluding ortho intramolecular Hbond substituents is 1. The minimum atomic E-state index is 0.115. The third-order valence-electron chi connectivity index (χ3n) is 2.98. The molecule has 0 aliphatic heterocycles. The van der Waals surface area contributed by atoms with E-state index in [1.165, 1.54) is 0 Å². The van der Waals surface area contributed by atoms with Crippen molar-refractivity contribution in [3.63, 3.8) is 0 Å². The van der Waals surface area contributed by atoms with Crippen LogP contribution < -0.4 is 0 Å². The van der Waals surface area contributed by atoms with Crippen molar-refractivity contribution in [1.82, 2.24) is 0 Å². The molecule has 0 aliphatic rings. The van der Waals surface area contributed by atoms with Crippen LogP contribution in [0, 0.1) is 0 Å². The van der Waals surface area contributed by atoms with Crippen LogP contribution in [0.1, 0.15) is 0 Å². The van der Waals surface area contributed by atoms with E-state index in [4.69, 9.17) is 0 Å². The van der Waals surface area contributed by atoms with Crippen LogP contribution in [0.5, 0.6) is 5.75 Å². The lowest BCUT2D eigenvalue weighted by molar-refractivity contribution is 0.477. The zero-order valence-electron chi connectivity index (χ0n) is 10.6. The van der Waals surface area contributed by atoms with E-state index in [-0.39, 0.29) is 5.75 Å². The van der Waals surface area contributed by atoms with Crippen molar-refractivity contribution in [2.45, 2.75) is 4.90 Å². The average molecular weight is 280 g/mol. The number of fused-ring (bicyclic) bond motifs is 1. The molecule has 0 fully saturated rings. The summed E-state index contributed by atoms with van der Waals surface area (Å²) in [7, 11) is 0. The van der Waals surface area contributed by atoms with Gasteiger partial charge >= 0.3 is 0 Å². The Bertz CT molecular complexity index is 785. The standard InChI is InChI=1S/C16H12N2OS/c19-15-9-6-11-10-13(20)7-8-14(11)16(15)18-17-12-4-2-1-3-5-12/h1-10,19-20H. The molecule has 0 amide bonds. The van der Waals surface area contributed by atoms with Crippen molar-refractivity contribution in [2.75, 3.05) is 0 Å². The Hall–Kier alpha value is -2.33. The first-order valence-electron chi connectivity index (χ1n) is 6.15. The largest absolute Gasteiger partial charge is 0.506 e. The van der Waals surface area contributed by atoms with Gasteiger partial charge in [-0.05, 0) is 35.7 Å². The van der Waals surface area contributed by atoms with E-state index >= 15 is 0 Å². The third kappa shape index (κ3) is 2.51. The van der Waals surface area contributed by atoms with Gasteiger partial charge in [0.2, 0.25) is 0 Å². The van der Waals surface area contributed by atoms with Gasteiger partial charge in [0.15, 0.2) is 0 Å². The summed E-state index contributed by atoms with van der Waals surface area (Å²) in [5, 5.41) is 20.1. The molecule has 3 nitrogen and oxygen atoms in total. The van der Waals surface area contributed by atoms with Crippen LogP contribution in [-0.2, 0) is 0 Å². The normalized spacial score (nSPS) is 11.2. The molecule has 98 valence electrons. The van der Waals surface area contributed by atoms with E-state index in [2.05, 4.69) is 22.9 Å². The molecule has 4 heteroatoms. The maximum atomic E-state index is 9.98. The van der Waals surface area contributed by atoms with Crippen LogP contribution in [0.2, 0.25) is 0 Å². The Morgan fingerprint density at radius 3 is 2.45 bits per heavy atom. The quantitative estimate of drug-likeness (QED) is 0.488. The fourth-order valence-electron chi connectivity index (χ4n) is 2.00. The summed E-state index contributed by atoms with van der Waals surface area (Å²) in [6.45, 7) is 0. The van der Waals surface area contributed by atoms with Crippen LogP contribution in [0.15, 0.2) is 75.8 Å². The minimum Gasteiger partial charge on any atom is -0.506 e. The van der Waals surface area contributed by atoms with Gasteiger partial charge in [-0.2, -0.15) is 5.11 Å². The SMILES string of the molecule is Oc1ccc2cc(S)ccc2c1N=Nc1ccccc1. The maximum Gasteiger partial charge on any atom is 0.143 e. The van der Waals surface area contributed by atoms with Crippen molar-refractivity contribution < 1.29 is 5.11 Å². The van der Waals surface area contributed by atoms with Crippen LogP contribution in [0.4, 0.5) is 11.4 Å². The number of rotatable bonds is 2. The molecule has 3 aromatic carbocycles. The molecule has 0 radical (unpaired) electrons. The van der Waals surface area contributed by atoms with Crippen LogP contribution in [0.3, 0.4) is 0 Å². The monoisotopic (exact) mass is 280 g/mol. The number of phenols is 1. The first-order valence-corrected chi connectivity index (χ1v) is 6.60. The van der Waals surface area contributed by atoms with Crippen LogP contribution >= 0.6 is 12.6 Å². The van der Waals surface area contributed by atoms with Gasteiger partial charge in [-0.15, -0.1) is 17.7 Å². The number of nitrogens with zero attached hydrogens (tertiary/aromatic N) is 2. The molecule has 0 unspecified atom stereocenters. The molecular weight excluding hydrogens is 268 g/mol. The lowest BCUT2D eigenvalue weighted by Gasteiger charge is -2.04. The van der Waals surface area contributed by atoms with Gasteiger partial charge in [0, 0.05) is 10.3 Å². The van der Waals surface area contributed by atoms with E-state index in [1.54, 1.807) is 6.07 Å². The lowest BCUT2D eigenvalue weighted by Crippen LogP contribution is -1.76. The molecule has 0 saturated heterocycles. The van der Waals surface area contributed by atoms with E-state index < -0.39 is 0 Å². The molecule has 0 bridgehead atoms. The Morgan fingerprint density at radius 1 is 0.850 bits per heavy atom. The summed E-state index contributed by atoms with van der Waals surface area (Å²) in [6, 6.07) is 18.6. The van der Waals surface area contributed by atoms with Gasteiger partial charge < -0.3 is 5.11 Å². The van der Waals surface area contributed by atoms with E-state index in [1.807, 2.05) is 54.6 Å². The van der Waals surface area contributed by atoms with Crippen LogP contribution in [-0.4, -0.2) is 5.11 Å². The molecule has 0 saturated carbocycles. The number of aromatic hydroxyl groups is 1. The first-order chi connectivity index (χ1) is 9.74. The highest BCUT2D eigenvalue weighted by Crippen LogP contribution is 2.36. The number of hydrogen-bond acceptors (Lipinski definition) is 4. The molecule has 20 heavy (non-hydrogen) atoms. The predicted octanol–water partition coefficient (Wildman–Crippen LogP) is 5.25. The van der Waals surface area contributed by atoms with Gasteiger partial charge in [-0.3, -0.25) is 0 Å². The second-order valence-electron chi connectivity index (χ2n) is 4.37. The molecule has 1 N–H and O–H groups in total. The van der Waals surface area contributed by atoms with Gasteiger partial charge in [-0.1, -0.05) is 30.3 Å². The van der Waals surface area contributed by atoms with E-state index in [0.29, 0.717) is 5.69 Å².